The van der Waals surface area contributed by atoms with Crippen LogP contribution in [0, 0.1) is 6.92 Å². The van der Waals surface area contributed by atoms with E-state index in [1.54, 1.807) is 18.0 Å². The molecule has 27 heavy (non-hydrogen) atoms. The van der Waals surface area contributed by atoms with E-state index in [4.69, 9.17) is 16.7 Å². The summed E-state index contributed by atoms with van der Waals surface area (Å²) in [6, 6.07) is 12.0. The normalized spacial score (nSPS) is 21.4. The number of aryl methyl sites for hydroxylation is 1. The van der Waals surface area contributed by atoms with Crippen LogP contribution in [0.5, 0.6) is 0 Å². The molecule has 1 unspecified atom stereocenters. The summed E-state index contributed by atoms with van der Waals surface area (Å²) in [5, 5.41) is 17.0. The number of thioether (sulfide) groups is 1. The summed E-state index contributed by atoms with van der Waals surface area (Å²) in [7, 11) is -2.29. The molecule has 0 bridgehead atoms. The summed E-state index contributed by atoms with van der Waals surface area (Å²) < 4.78 is 23.4. The number of sulfonamides is 1. The SMILES string of the molecule is Br.Cc1ccc(N=C2SCC(O)(c3ccc(Cl)c(S(N)(=O)=O)c3)N2C)cc1. The highest BCUT2D eigenvalue weighted by Gasteiger charge is 2.43. The zero-order chi connectivity index (χ0) is 19.1. The van der Waals surface area contributed by atoms with Crippen LogP contribution in [0.4, 0.5) is 5.69 Å². The summed E-state index contributed by atoms with van der Waals surface area (Å²) >= 11 is 7.32. The predicted molar refractivity (Wildman–Crippen MR) is 116 cm³/mol. The molecule has 1 saturated heterocycles. The lowest BCUT2D eigenvalue weighted by Gasteiger charge is -2.31. The average Bonchev–Trinajstić information content (AvgIpc) is 2.86. The first kappa shape index (κ1) is 22.2. The Morgan fingerprint density at radius 1 is 1.26 bits per heavy atom. The average molecular weight is 493 g/mol. The van der Waals surface area contributed by atoms with Crippen LogP contribution in [-0.4, -0.2) is 36.4 Å². The molecule has 1 aliphatic heterocycles. The predicted octanol–water partition coefficient (Wildman–Crippen LogP) is 3.39. The van der Waals surface area contributed by atoms with E-state index in [1.165, 1.54) is 23.9 Å². The highest BCUT2D eigenvalue weighted by atomic mass is 79.9. The van der Waals surface area contributed by atoms with Gasteiger partial charge in [-0.05, 0) is 31.2 Å². The van der Waals surface area contributed by atoms with Gasteiger partial charge in [-0.2, -0.15) is 0 Å². The maximum absolute atomic E-state index is 11.7. The molecule has 0 aliphatic carbocycles. The number of nitrogens with two attached hydrogens (primary N) is 1. The van der Waals surface area contributed by atoms with Gasteiger partial charge in [0.25, 0.3) is 0 Å². The van der Waals surface area contributed by atoms with Crippen molar-refractivity contribution in [3.05, 3.63) is 58.6 Å². The molecule has 2 aromatic rings. The van der Waals surface area contributed by atoms with Gasteiger partial charge in [0.2, 0.25) is 10.0 Å². The zero-order valence-electron chi connectivity index (χ0n) is 14.6. The van der Waals surface area contributed by atoms with Gasteiger partial charge >= 0.3 is 0 Å². The third-order valence-electron chi connectivity index (χ3n) is 4.20. The van der Waals surface area contributed by atoms with Crippen molar-refractivity contribution in [1.29, 1.82) is 0 Å². The number of benzene rings is 2. The molecule has 2 aromatic carbocycles. The first-order valence-corrected chi connectivity index (χ1v) is 10.6. The summed E-state index contributed by atoms with van der Waals surface area (Å²) in [6.07, 6.45) is 0. The van der Waals surface area contributed by atoms with E-state index >= 15 is 0 Å². The van der Waals surface area contributed by atoms with Crippen molar-refractivity contribution < 1.29 is 13.5 Å². The van der Waals surface area contributed by atoms with E-state index in [2.05, 4.69) is 4.99 Å². The molecular formula is C17H19BrClN3O3S2. The van der Waals surface area contributed by atoms with Gasteiger partial charge in [0, 0.05) is 12.6 Å². The largest absolute Gasteiger partial charge is 0.366 e. The van der Waals surface area contributed by atoms with E-state index in [0.717, 1.165) is 11.3 Å². The number of hydrogen-bond acceptors (Lipinski definition) is 5. The Labute approximate surface area is 178 Å². The van der Waals surface area contributed by atoms with Crippen LogP contribution < -0.4 is 5.14 Å². The van der Waals surface area contributed by atoms with Crippen LogP contribution in [-0.2, 0) is 15.7 Å². The maximum Gasteiger partial charge on any atom is 0.239 e. The molecule has 1 atom stereocenters. The lowest BCUT2D eigenvalue weighted by Crippen LogP contribution is -2.42. The van der Waals surface area contributed by atoms with Crippen LogP contribution in [0.3, 0.4) is 0 Å². The molecule has 0 aromatic heterocycles. The minimum absolute atomic E-state index is 0. The zero-order valence-corrected chi connectivity index (χ0v) is 18.7. The van der Waals surface area contributed by atoms with E-state index in [0.29, 0.717) is 16.5 Å². The van der Waals surface area contributed by atoms with Gasteiger partial charge in [0.1, 0.15) is 4.90 Å². The van der Waals surface area contributed by atoms with Crippen molar-refractivity contribution in [3.63, 3.8) is 0 Å². The number of primary sulfonamides is 1. The minimum atomic E-state index is -3.99. The first-order chi connectivity index (χ1) is 12.1. The van der Waals surface area contributed by atoms with Gasteiger partial charge in [0.15, 0.2) is 10.9 Å². The molecule has 10 heteroatoms. The molecule has 0 radical (unpaired) electrons. The monoisotopic (exact) mass is 491 g/mol. The lowest BCUT2D eigenvalue weighted by atomic mass is 10.0. The number of halogens is 2. The Hall–Kier alpha value is -1.10. The summed E-state index contributed by atoms with van der Waals surface area (Å²) in [5.41, 5.74) is 0.873. The molecule has 1 fully saturated rings. The van der Waals surface area contributed by atoms with Gasteiger partial charge in [-0.1, -0.05) is 47.1 Å². The van der Waals surface area contributed by atoms with Crippen molar-refractivity contribution in [2.45, 2.75) is 17.5 Å². The van der Waals surface area contributed by atoms with E-state index in [9.17, 15) is 13.5 Å². The number of nitrogens with zero attached hydrogens (tertiary/aromatic N) is 2. The molecule has 1 heterocycles. The Morgan fingerprint density at radius 2 is 1.89 bits per heavy atom. The fourth-order valence-corrected chi connectivity index (χ4v) is 4.88. The molecule has 6 nitrogen and oxygen atoms in total. The van der Waals surface area contributed by atoms with Crippen LogP contribution in [0.25, 0.3) is 0 Å². The van der Waals surface area contributed by atoms with Gasteiger partial charge in [-0.3, -0.25) is 0 Å². The van der Waals surface area contributed by atoms with Gasteiger partial charge in [0.05, 0.1) is 16.5 Å². The van der Waals surface area contributed by atoms with Crippen LogP contribution in [0.1, 0.15) is 11.1 Å². The summed E-state index contributed by atoms with van der Waals surface area (Å²) in [5.74, 6) is 0.292. The van der Waals surface area contributed by atoms with E-state index in [-0.39, 0.29) is 26.9 Å². The second-order valence-electron chi connectivity index (χ2n) is 6.08. The summed E-state index contributed by atoms with van der Waals surface area (Å²) in [4.78, 5) is 5.97. The number of hydrogen-bond donors (Lipinski definition) is 2. The molecule has 3 rings (SSSR count). The number of amidine groups is 1. The fraction of sp³-hybridized carbons (Fsp3) is 0.235. The molecular weight excluding hydrogens is 474 g/mol. The first-order valence-electron chi connectivity index (χ1n) is 7.68. The van der Waals surface area contributed by atoms with Crippen molar-refractivity contribution in [2.75, 3.05) is 12.8 Å². The number of rotatable bonds is 3. The molecule has 146 valence electrons. The molecule has 3 N–H and O–H groups in total. The van der Waals surface area contributed by atoms with Gasteiger partial charge in [-0.25, -0.2) is 18.5 Å². The number of aliphatic hydroxyl groups is 1. The summed E-state index contributed by atoms with van der Waals surface area (Å²) in [6.45, 7) is 2.00. The van der Waals surface area contributed by atoms with Crippen LogP contribution in [0.2, 0.25) is 5.02 Å². The van der Waals surface area contributed by atoms with Crippen molar-refractivity contribution >= 4 is 61.2 Å². The lowest BCUT2D eigenvalue weighted by molar-refractivity contribution is -0.0349. The third kappa shape index (κ3) is 4.49. The molecule has 0 amide bonds. The molecule has 0 saturated carbocycles. The van der Waals surface area contributed by atoms with Crippen molar-refractivity contribution in [1.82, 2.24) is 4.90 Å². The Kier molecular flexibility index (Phi) is 6.66. The Morgan fingerprint density at radius 3 is 2.48 bits per heavy atom. The fourth-order valence-electron chi connectivity index (χ4n) is 2.60. The Balaban J connectivity index is 0.00000261. The molecule has 0 spiro atoms. The van der Waals surface area contributed by atoms with Crippen molar-refractivity contribution in [2.24, 2.45) is 10.1 Å². The van der Waals surface area contributed by atoms with Gasteiger partial charge in [-0.15, -0.1) is 17.0 Å². The second-order valence-corrected chi connectivity index (χ2v) is 8.96. The minimum Gasteiger partial charge on any atom is -0.366 e. The number of aliphatic imine (C=N–C) groups is 1. The maximum atomic E-state index is 11.7. The second kappa shape index (κ2) is 8.10. The Bertz CT molecular complexity index is 983. The topological polar surface area (TPSA) is 96.0 Å². The molecule has 1 aliphatic rings. The standard InChI is InChI=1S/C17H18ClN3O3S2.BrH/c1-11-3-6-13(7-4-11)20-16-21(2)17(22,10-25-16)12-5-8-14(18)15(9-12)26(19,23)24;/h3-9,22H,10H2,1-2H3,(H2,19,23,24);1H. The third-order valence-corrected chi connectivity index (χ3v) is 6.77. The van der Waals surface area contributed by atoms with E-state index < -0.39 is 15.7 Å². The van der Waals surface area contributed by atoms with Crippen molar-refractivity contribution in [3.8, 4) is 0 Å². The van der Waals surface area contributed by atoms with Crippen LogP contribution >= 0.6 is 40.3 Å². The highest BCUT2D eigenvalue weighted by molar-refractivity contribution is 8.93. The smallest absolute Gasteiger partial charge is 0.239 e. The van der Waals surface area contributed by atoms with E-state index in [1.807, 2.05) is 31.2 Å². The highest BCUT2D eigenvalue weighted by Crippen LogP contribution is 2.40. The quantitative estimate of drug-likeness (QED) is 0.685. The van der Waals surface area contributed by atoms with Crippen LogP contribution in [0.15, 0.2) is 52.4 Å². The van der Waals surface area contributed by atoms with Gasteiger partial charge < -0.3 is 10.0 Å².